The van der Waals surface area contributed by atoms with Gasteiger partial charge in [0, 0.05) is 12.6 Å². The third kappa shape index (κ3) is 4.51. The largest absolute Gasteiger partial charge is 0.471 e. The zero-order chi connectivity index (χ0) is 17.1. The first-order chi connectivity index (χ1) is 10.0. The Kier molecular flexibility index (Phi) is 5.62. The lowest BCUT2D eigenvalue weighted by Crippen LogP contribution is -2.37. The van der Waals surface area contributed by atoms with Crippen LogP contribution in [0.4, 0.5) is 24.5 Å². The molecule has 1 aromatic carbocycles. The van der Waals surface area contributed by atoms with E-state index in [2.05, 4.69) is 0 Å². The molecular weight excluding hydrogens is 426 g/mol. The molecule has 1 aromatic rings. The van der Waals surface area contributed by atoms with E-state index in [1.807, 2.05) is 0 Å². The standard InChI is InChI=1S/C10H7F3IN3O5/c11-10(12,13)9(18)15-2-1-5-3-6(16(19)20)4-7(8(5)14)17(21)22/h3-4H,1-2H2,(H,15,18). The van der Waals surface area contributed by atoms with E-state index in [9.17, 15) is 38.2 Å². The zero-order valence-electron chi connectivity index (χ0n) is 10.5. The topological polar surface area (TPSA) is 115 Å². The first kappa shape index (κ1) is 18.1. The van der Waals surface area contributed by atoms with Crippen molar-refractivity contribution in [1.82, 2.24) is 5.32 Å². The van der Waals surface area contributed by atoms with Crippen LogP contribution in [-0.2, 0) is 11.2 Å². The lowest BCUT2D eigenvalue weighted by atomic mass is 10.1. The van der Waals surface area contributed by atoms with Crippen LogP contribution in [-0.4, -0.2) is 28.5 Å². The van der Waals surface area contributed by atoms with E-state index >= 15 is 0 Å². The molecule has 0 heterocycles. The average molecular weight is 433 g/mol. The fourth-order valence-electron chi connectivity index (χ4n) is 1.48. The van der Waals surface area contributed by atoms with Crippen LogP contribution in [0.1, 0.15) is 5.56 Å². The van der Waals surface area contributed by atoms with Crippen LogP contribution in [0.15, 0.2) is 12.1 Å². The molecular formula is C10H7F3IN3O5. The van der Waals surface area contributed by atoms with Gasteiger partial charge in [0.2, 0.25) is 0 Å². The van der Waals surface area contributed by atoms with Crippen molar-refractivity contribution in [2.24, 2.45) is 0 Å². The molecule has 0 aromatic heterocycles. The second-order valence-electron chi connectivity index (χ2n) is 3.96. The lowest BCUT2D eigenvalue weighted by molar-refractivity contribution is -0.394. The number of hydrogen-bond acceptors (Lipinski definition) is 5. The molecule has 0 aliphatic carbocycles. The van der Waals surface area contributed by atoms with E-state index in [0.29, 0.717) is 0 Å². The second-order valence-corrected chi connectivity index (χ2v) is 5.03. The highest BCUT2D eigenvalue weighted by Gasteiger charge is 2.38. The highest BCUT2D eigenvalue weighted by Crippen LogP contribution is 2.30. The summed E-state index contributed by atoms with van der Waals surface area (Å²) in [5.74, 6) is -2.15. The minimum Gasteiger partial charge on any atom is -0.348 e. The summed E-state index contributed by atoms with van der Waals surface area (Å²) in [4.78, 5) is 30.5. The molecule has 0 aliphatic heterocycles. The van der Waals surface area contributed by atoms with E-state index < -0.39 is 39.8 Å². The summed E-state index contributed by atoms with van der Waals surface area (Å²) < 4.78 is 36.1. The molecule has 12 heteroatoms. The van der Waals surface area contributed by atoms with E-state index in [4.69, 9.17) is 0 Å². The van der Waals surface area contributed by atoms with Crippen LogP contribution in [0, 0.1) is 23.8 Å². The number of non-ortho nitro benzene ring substituents is 1. The van der Waals surface area contributed by atoms with Crippen LogP contribution >= 0.6 is 22.6 Å². The van der Waals surface area contributed by atoms with Gasteiger partial charge in [0.25, 0.3) is 11.4 Å². The minimum atomic E-state index is -5.04. The molecule has 0 unspecified atom stereocenters. The number of nitro groups is 2. The molecule has 22 heavy (non-hydrogen) atoms. The van der Waals surface area contributed by atoms with Gasteiger partial charge >= 0.3 is 12.1 Å². The molecule has 0 spiro atoms. The minimum absolute atomic E-state index is 0.0643. The van der Waals surface area contributed by atoms with Gasteiger partial charge in [0.05, 0.1) is 19.5 Å². The molecule has 0 radical (unpaired) electrons. The Morgan fingerprint density at radius 3 is 2.27 bits per heavy atom. The van der Waals surface area contributed by atoms with Crippen LogP contribution < -0.4 is 5.32 Å². The van der Waals surface area contributed by atoms with Crippen molar-refractivity contribution in [2.75, 3.05) is 6.54 Å². The Morgan fingerprint density at radius 1 is 1.23 bits per heavy atom. The van der Waals surface area contributed by atoms with Gasteiger partial charge in [-0.3, -0.25) is 25.0 Å². The summed E-state index contributed by atoms with van der Waals surface area (Å²) in [5, 5.41) is 23.1. The highest BCUT2D eigenvalue weighted by atomic mass is 127. The van der Waals surface area contributed by atoms with Crippen molar-refractivity contribution >= 4 is 39.9 Å². The molecule has 0 saturated heterocycles. The molecule has 0 aliphatic rings. The highest BCUT2D eigenvalue weighted by molar-refractivity contribution is 14.1. The van der Waals surface area contributed by atoms with Crippen molar-refractivity contribution in [3.8, 4) is 0 Å². The molecule has 1 rings (SSSR count). The van der Waals surface area contributed by atoms with Gasteiger partial charge in [0.1, 0.15) is 0 Å². The van der Waals surface area contributed by atoms with Gasteiger partial charge in [-0.05, 0) is 34.6 Å². The first-order valence-electron chi connectivity index (χ1n) is 5.50. The maximum Gasteiger partial charge on any atom is 0.471 e. The predicted octanol–water partition coefficient (Wildman–Crippen LogP) is 2.33. The normalized spacial score (nSPS) is 11.1. The molecule has 0 bridgehead atoms. The van der Waals surface area contributed by atoms with E-state index in [1.165, 1.54) is 0 Å². The summed E-state index contributed by atoms with van der Waals surface area (Å²) in [6.45, 7) is -0.466. The van der Waals surface area contributed by atoms with Crippen molar-refractivity contribution in [1.29, 1.82) is 0 Å². The number of benzene rings is 1. The number of nitrogens with one attached hydrogen (secondary N) is 1. The maximum absolute atomic E-state index is 12.0. The number of hydrogen-bond donors (Lipinski definition) is 1. The number of nitrogens with zero attached hydrogens (tertiary/aromatic N) is 2. The smallest absolute Gasteiger partial charge is 0.348 e. The van der Waals surface area contributed by atoms with Crippen molar-refractivity contribution in [3.05, 3.63) is 41.5 Å². The fourth-order valence-corrected chi connectivity index (χ4v) is 2.26. The average Bonchev–Trinajstić information content (AvgIpc) is 2.38. The molecule has 0 fully saturated rings. The van der Waals surface area contributed by atoms with Gasteiger partial charge in [-0.25, -0.2) is 0 Å². The summed E-state index contributed by atoms with van der Waals surface area (Å²) >= 11 is 1.57. The van der Waals surface area contributed by atoms with Gasteiger partial charge in [-0.15, -0.1) is 0 Å². The summed E-state index contributed by atoms with van der Waals surface area (Å²) in [7, 11) is 0. The molecule has 1 N–H and O–H groups in total. The summed E-state index contributed by atoms with van der Waals surface area (Å²) in [5.41, 5.74) is -0.972. The second kappa shape index (κ2) is 6.85. The van der Waals surface area contributed by atoms with Crippen LogP contribution in [0.25, 0.3) is 0 Å². The number of nitro benzene ring substituents is 2. The van der Waals surface area contributed by atoms with Gasteiger partial charge < -0.3 is 5.32 Å². The summed E-state index contributed by atoms with van der Waals surface area (Å²) in [6, 6.07) is 1.79. The van der Waals surface area contributed by atoms with Crippen molar-refractivity contribution in [2.45, 2.75) is 12.6 Å². The number of carbonyl (C=O) groups is 1. The Balaban J connectivity index is 2.97. The zero-order valence-corrected chi connectivity index (χ0v) is 12.7. The van der Waals surface area contributed by atoms with Crippen LogP contribution in [0.5, 0.6) is 0 Å². The fraction of sp³-hybridized carbons (Fsp3) is 0.300. The molecule has 0 atom stereocenters. The number of rotatable bonds is 5. The van der Waals surface area contributed by atoms with Crippen molar-refractivity contribution < 1.29 is 27.8 Å². The third-order valence-electron chi connectivity index (χ3n) is 2.46. The third-order valence-corrected chi connectivity index (χ3v) is 3.70. The van der Waals surface area contributed by atoms with Crippen LogP contribution in [0.3, 0.4) is 0 Å². The SMILES string of the molecule is O=C(NCCc1cc([N+](=O)[O-])cc([N+](=O)[O-])c1I)C(F)(F)F. The van der Waals surface area contributed by atoms with E-state index in [0.717, 1.165) is 12.1 Å². The van der Waals surface area contributed by atoms with Crippen LogP contribution in [0.2, 0.25) is 0 Å². The Labute approximate surface area is 134 Å². The molecule has 0 saturated carbocycles. The first-order valence-corrected chi connectivity index (χ1v) is 6.58. The summed E-state index contributed by atoms with van der Waals surface area (Å²) in [6.07, 6.45) is -5.26. The monoisotopic (exact) mass is 433 g/mol. The van der Waals surface area contributed by atoms with Gasteiger partial charge in [-0.2, -0.15) is 13.2 Å². The van der Waals surface area contributed by atoms with Gasteiger partial charge in [-0.1, -0.05) is 0 Å². The molecule has 8 nitrogen and oxygen atoms in total. The molecule has 1 amide bonds. The number of carbonyl (C=O) groups excluding carboxylic acids is 1. The number of alkyl halides is 3. The Hall–Kier alpha value is -1.99. The maximum atomic E-state index is 12.0. The quantitative estimate of drug-likeness (QED) is 0.435. The van der Waals surface area contributed by atoms with Gasteiger partial charge in [0.15, 0.2) is 0 Å². The molecule has 120 valence electrons. The van der Waals surface area contributed by atoms with Crippen molar-refractivity contribution in [3.63, 3.8) is 0 Å². The lowest BCUT2D eigenvalue weighted by Gasteiger charge is -2.09. The van der Waals surface area contributed by atoms with E-state index in [-0.39, 0.29) is 15.6 Å². The Morgan fingerprint density at radius 2 is 1.82 bits per heavy atom. The van der Waals surface area contributed by atoms with E-state index in [1.54, 1.807) is 27.9 Å². The number of halogens is 4. The number of amides is 1. The Bertz CT molecular complexity index is 635. The predicted molar refractivity (Wildman–Crippen MR) is 75.2 cm³/mol.